The van der Waals surface area contributed by atoms with Crippen LogP contribution in [0.1, 0.15) is 17.5 Å². The molecule has 0 aliphatic heterocycles. The molecular formula is C23H24N4OS2. The molecule has 154 valence electrons. The van der Waals surface area contributed by atoms with E-state index in [0.29, 0.717) is 12.3 Å². The highest BCUT2D eigenvalue weighted by atomic mass is 32.2. The van der Waals surface area contributed by atoms with E-state index in [1.165, 1.54) is 11.1 Å². The van der Waals surface area contributed by atoms with Crippen LogP contribution in [-0.2, 0) is 11.3 Å². The van der Waals surface area contributed by atoms with Crippen LogP contribution in [0.2, 0.25) is 0 Å². The Labute approximate surface area is 184 Å². The van der Waals surface area contributed by atoms with Crippen molar-refractivity contribution in [2.24, 2.45) is 0 Å². The first-order valence-electron chi connectivity index (χ1n) is 9.92. The Morgan fingerprint density at radius 2 is 2.03 bits per heavy atom. The third-order valence-electron chi connectivity index (χ3n) is 4.80. The lowest BCUT2D eigenvalue weighted by molar-refractivity contribution is -0.116. The van der Waals surface area contributed by atoms with E-state index in [1.54, 1.807) is 35.6 Å². The summed E-state index contributed by atoms with van der Waals surface area (Å²) in [5, 5.41) is 0.781. The molecule has 4 rings (SSSR count). The van der Waals surface area contributed by atoms with Crippen LogP contribution in [0.15, 0.2) is 66.1 Å². The van der Waals surface area contributed by atoms with E-state index in [2.05, 4.69) is 31.0 Å². The molecule has 2 aromatic heterocycles. The highest BCUT2D eigenvalue weighted by Gasteiger charge is 2.20. The third-order valence-corrected chi connectivity index (χ3v) is 7.03. The molecule has 0 saturated carbocycles. The van der Waals surface area contributed by atoms with Crippen molar-refractivity contribution in [1.29, 1.82) is 0 Å². The number of aryl methyl sites for hydroxylation is 3. The molecule has 0 unspecified atom stereocenters. The first-order valence-corrected chi connectivity index (χ1v) is 11.7. The first kappa shape index (κ1) is 20.6. The SMILES string of the molecule is Cc1cc(C)c2sc(N(CCCn3ccnc3)C(=O)CSc3ccccc3)nc2c1. The van der Waals surface area contributed by atoms with Gasteiger partial charge in [0.15, 0.2) is 5.13 Å². The number of thioether (sulfide) groups is 1. The van der Waals surface area contributed by atoms with Crippen LogP contribution >= 0.6 is 23.1 Å². The maximum atomic E-state index is 13.2. The van der Waals surface area contributed by atoms with Crippen molar-refractivity contribution in [3.63, 3.8) is 0 Å². The summed E-state index contributed by atoms with van der Waals surface area (Å²) in [6.07, 6.45) is 6.37. The lowest BCUT2D eigenvalue weighted by Gasteiger charge is -2.20. The Morgan fingerprint density at radius 1 is 1.20 bits per heavy atom. The molecule has 0 atom stereocenters. The van der Waals surface area contributed by atoms with Crippen LogP contribution in [0.3, 0.4) is 0 Å². The molecule has 2 heterocycles. The van der Waals surface area contributed by atoms with Gasteiger partial charge in [0, 0.05) is 30.4 Å². The van der Waals surface area contributed by atoms with Crippen molar-refractivity contribution in [2.45, 2.75) is 31.7 Å². The molecule has 0 radical (unpaired) electrons. The van der Waals surface area contributed by atoms with Crippen LogP contribution in [0.4, 0.5) is 5.13 Å². The van der Waals surface area contributed by atoms with Gasteiger partial charge in [-0.1, -0.05) is 35.6 Å². The van der Waals surface area contributed by atoms with Crippen molar-refractivity contribution in [3.8, 4) is 0 Å². The summed E-state index contributed by atoms with van der Waals surface area (Å²) in [4.78, 5) is 25.1. The van der Waals surface area contributed by atoms with Gasteiger partial charge >= 0.3 is 0 Å². The molecule has 5 nitrogen and oxygen atoms in total. The second-order valence-electron chi connectivity index (χ2n) is 7.23. The zero-order chi connectivity index (χ0) is 20.9. The minimum absolute atomic E-state index is 0.0860. The molecule has 0 bridgehead atoms. The highest BCUT2D eigenvalue weighted by molar-refractivity contribution is 8.00. The largest absolute Gasteiger partial charge is 0.337 e. The van der Waals surface area contributed by atoms with Gasteiger partial charge < -0.3 is 4.57 Å². The van der Waals surface area contributed by atoms with Crippen LogP contribution in [-0.4, -0.2) is 32.7 Å². The number of hydrogen-bond donors (Lipinski definition) is 0. The van der Waals surface area contributed by atoms with Gasteiger partial charge in [0.1, 0.15) is 0 Å². The monoisotopic (exact) mass is 436 g/mol. The fourth-order valence-electron chi connectivity index (χ4n) is 3.38. The zero-order valence-electron chi connectivity index (χ0n) is 17.1. The number of fused-ring (bicyclic) bond motifs is 1. The molecule has 0 aliphatic carbocycles. The topological polar surface area (TPSA) is 51.0 Å². The Morgan fingerprint density at radius 3 is 2.80 bits per heavy atom. The quantitative estimate of drug-likeness (QED) is 0.351. The molecule has 0 saturated heterocycles. The molecule has 7 heteroatoms. The van der Waals surface area contributed by atoms with Gasteiger partial charge in [-0.15, -0.1) is 11.8 Å². The van der Waals surface area contributed by atoms with Crippen LogP contribution in [0, 0.1) is 13.8 Å². The smallest absolute Gasteiger partial charge is 0.239 e. The number of amides is 1. The number of benzene rings is 2. The van der Waals surface area contributed by atoms with Gasteiger partial charge in [-0.3, -0.25) is 9.69 Å². The van der Waals surface area contributed by atoms with E-state index in [9.17, 15) is 4.79 Å². The average molecular weight is 437 g/mol. The molecular weight excluding hydrogens is 412 g/mol. The Bertz CT molecular complexity index is 1120. The Kier molecular flexibility index (Phi) is 6.50. The van der Waals surface area contributed by atoms with Crippen molar-refractivity contribution in [1.82, 2.24) is 14.5 Å². The number of nitrogens with zero attached hydrogens (tertiary/aromatic N) is 4. The van der Waals surface area contributed by atoms with Crippen molar-refractivity contribution < 1.29 is 4.79 Å². The normalized spacial score (nSPS) is 11.1. The maximum Gasteiger partial charge on any atom is 0.239 e. The summed E-state index contributed by atoms with van der Waals surface area (Å²) >= 11 is 3.17. The molecule has 30 heavy (non-hydrogen) atoms. The molecule has 0 spiro atoms. The van der Waals surface area contributed by atoms with Crippen LogP contribution in [0.5, 0.6) is 0 Å². The predicted molar refractivity (Wildman–Crippen MR) is 125 cm³/mol. The minimum atomic E-state index is 0.0860. The Hall–Kier alpha value is -2.64. The fourth-order valence-corrected chi connectivity index (χ4v) is 5.23. The minimum Gasteiger partial charge on any atom is -0.337 e. The summed E-state index contributed by atoms with van der Waals surface area (Å²) in [7, 11) is 0. The molecule has 0 fully saturated rings. The molecule has 2 aromatic carbocycles. The summed E-state index contributed by atoms with van der Waals surface area (Å²) in [6, 6.07) is 14.3. The average Bonchev–Trinajstić information content (AvgIpc) is 3.40. The van der Waals surface area contributed by atoms with E-state index in [1.807, 2.05) is 46.0 Å². The van der Waals surface area contributed by atoms with E-state index < -0.39 is 0 Å². The van der Waals surface area contributed by atoms with Gasteiger partial charge in [0.2, 0.25) is 5.91 Å². The van der Waals surface area contributed by atoms with E-state index >= 15 is 0 Å². The van der Waals surface area contributed by atoms with E-state index in [-0.39, 0.29) is 5.91 Å². The Balaban J connectivity index is 1.54. The number of thiazole rings is 1. The number of aromatic nitrogens is 3. The highest BCUT2D eigenvalue weighted by Crippen LogP contribution is 2.33. The van der Waals surface area contributed by atoms with Gasteiger partial charge in [-0.25, -0.2) is 9.97 Å². The number of rotatable bonds is 8. The maximum absolute atomic E-state index is 13.2. The number of imidazole rings is 1. The van der Waals surface area contributed by atoms with Gasteiger partial charge in [-0.2, -0.15) is 0 Å². The lowest BCUT2D eigenvalue weighted by atomic mass is 10.1. The molecule has 1 amide bonds. The number of carbonyl (C=O) groups excluding carboxylic acids is 1. The summed E-state index contributed by atoms with van der Waals surface area (Å²) < 4.78 is 3.19. The lowest BCUT2D eigenvalue weighted by Crippen LogP contribution is -2.33. The van der Waals surface area contributed by atoms with Crippen molar-refractivity contribution >= 4 is 44.4 Å². The molecule has 4 aromatic rings. The standard InChI is InChI=1S/C23H24N4OS2/c1-17-13-18(2)22-20(14-17)25-23(30-22)27(11-6-10-26-12-9-24-16-26)21(28)15-29-19-7-4-3-5-8-19/h3-5,7-9,12-14,16H,6,10-11,15H2,1-2H3. The predicted octanol–water partition coefficient (Wildman–Crippen LogP) is 5.33. The van der Waals surface area contributed by atoms with Crippen LogP contribution < -0.4 is 4.90 Å². The second kappa shape index (κ2) is 9.45. The summed E-state index contributed by atoms with van der Waals surface area (Å²) in [5.41, 5.74) is 3.36. The fraction of sp³-hybridized carbons (Fsp3) is 0.261. The number of carbonyl (C=O) groups is 1. The van der Waals surface area contributed by atoms with Crippen molar-refractivity contribution in [3.05, 3.63) is 72.3 Å². The van der Waals surface area contributed by atoms with Gasteiger partial charge in [0.05, 0.1) is 22.3 Å². The summed E-state index contributed by atoms with van der Waals surface area (Å²) in [6.45, 7) is 5.63. The number of anilines is 1. The zero-order valence-corrected chi connectivity index (χ0v) is 18.7. The van der Waals surface area contributed by atoms with E-state index in [4.69, 9.17) is 4.98 Å². The second-order valence-corrected chi connectivity index (χ2v) is 9.25. The molecule has 0 aliphatic rings. The van der Waals surface area contributed by atoms with E-state index in [0.717, 1.165) is 33.2 Å². The number of hydrogen-bond acceptors (Lipinski definition) is 5. The first-order chi connectivity index (χ1) is 14.6. The molecule has 0 N–H and O–H groups in total. The van der Waals surface area contributed by atoms with Crippen LogP contribution in [0.25, 0.3) is 10.2 Å². The van der Waals surface area contributed by atoms with Gasteiger partial charge in [-0.05, 0) is 49.6 Å². The van der Waals surface area contributed by atoms with Crippen molar-refractivity contribution in [2.75, 3.05) is 17.2 Å². The third kappa shape index (κ3) is 4.91. The van der Waals surface area contributed by atoms with Gasteiger partial charge in [0.25, 0.3) is 0 Å². The summed E-state index contributed by atoms with van der Waals surface area (Å²) in [5.74, 6) is 0.478.